The molecular weight excluding hydrogens is 660 g/mol. The van der Waals surface area contributed by atoms with Gasteiger partial charge in [0.2, 0.25) is 0 Å². The van der Waals surface area contributed by atoms with E-state index in [0.717, 1.165) is 27.6 Å². The van der Waals surface area contributed by atoms with E-state index < -0.39 is 12.0 Å². The molecule has 0 radical (unpaired) electrons. The summed E-state index contributed by atoms with van der Waals surface area (Å²) in [6, 6.07) is 20.7. The van der Waals surface area contributed by atoms with Gasteiger partial charge in [0.25, 0.3) is 5.56 Å². The van der Waals surface area contributed by atoms with Crippen LogP contribution in [0, 0.1) is 0 Å². The predicted molar refractivity (Wildman–Crippen MR) is 180 cm³/mol. The lowest BCUT2D eigenvalue weighted by Crippen LogP contribution is -2.40. The molecule has 6 nitrogen and oxygen atoms in total. The van der Waals surface area contributed by atoms with Crippen molar-refractivity contribution < 1.29 is 14.3 Å². The largest absolute Gasteiger partial charge is 0.488 e. The quantitative estimate of drug-likeness (QED) is 0.160. The van der Waals surface area contributed by atoms with Crippen LogP contribution < -0.4 is 19.6 Å². The number of fused-ring (bicyclic) bond motifs is 1. The Morgan fingerprint density at radius 3 is 2.52 bits per heavy atom. The van der Waals surface area contributed by atoms with E-state index in [4.69, 9.17) is 26.1 Å². The summed E-state index contributed by atoms with van der Waals surface area (Å²) in [5.41, 5.74) is 4.62. The Balaban J connectivity index is 1.57. The van der Waals surface area contributed by atoms with Crippen molar-refractivity contribution in [3.63, 3.8) is 0 Å². The number of esters is 1. The molecule has 0 spiro atoms. The zero-order chi connectivity index (χ0) is 31.4. The minimum atomic E-state index is -0.637. The smallest absolute Gasteiger partial charge is 0.338 e. The Bertz CT molecular complexity index is 1890. The van der Waals surface area contributed by atoms with Gasteiger partial charge in [0, 0.05) is 10.6 Å². The van der Waals surface area contributed by atoms with Crippen LogP contribution in [0.2, 0.25) is 5.02 Å². The summed E-state index contributed by atoms with van der Waals surface area (Å²) in [5.74, 6) is 0.578. The van der Waals surface area contributed by atoms with Crippen molar-refractivity contribution in [2.75, 3.05) is 6.61 Å². The molecule has 0 saturated heterocycles. The fourth-order valence-corrected chi connectivity index (χ4v) is 6.87. The number of rotatable bonds is 10. The topological polar surface area (TPSA) is 69.9 Å². The Morgan fingerprint density at radius 1 is 1.11 bits per heavy atom. The van der Waals surface area contributed by atoms with Gasteiger partial charge in [0.05, 0.1) is 32.9 Å². The molecule has 0 aliphatic carbocycles. The molecule has 2 heterocycles. The average molecular weight is 694 g/mol. The van der Waals surface area contributed by atoms with Crippen LogP contribution in [0.25, 0.3) is 6.08 Å². The van der Waals surface area contributed by atoms with Crippen LogP contribution in [0.3, 0.4) is 0 Å². The molecule has 5 rings (SSSR count). The lowest BCUT2D eigenvalue weighted by molar-refractivity contribution is -0.139. The molecule has 228 valence electrons. The molecule has 0 N–H and O–H groups in total. The first kappa shape index (κ1) is 31.9. The molecule has 1 atom stereocenters. The van der Waals surface area contributed by atoms with Gasteiger partial charge in [-0.05, 0) is 76.2 Å². The summed E-state index contributed by atoms with van der Waals surface area (Å²) in [6.07, 6.45) is 3.25. The number of nitrogens with zero attached hydrogens (tertiary/aromatic N) is 2. The third-order valence-corrected chi connectivity index (χ3v) is 9.38. The first-order chi connectivity index (χ1) is 21.2. The van der Waals surface area contributed by atoms with Crippen LogP contribution in [0.4, 0.5) is 0 Å². The van der Waals surface area contributed by atoms with Crippen LogP contribution in [-0.4, -0.2) is 17.1 Å². The van der Waals surface area contributed by atoms with Crippen LogP contribution in [0.1, 0.15) is 74.8 Å². The van der Waals surface area contributed by atoms with E-state index in [9.17, 15) is 9.59 Å². The fraction of sp³-hybridized carbons (Fsp3) is 0.286. The van der Waals surface area contributed by atoms with Gasteiger partial charge in [-0.3, -0.25) is 9.36 Å². The SMILES string of the molecule is CCCC1=C(C(=O)OCC)[C@@H](c2ccc(C(C)C)cc2)n2c(s/c(=C\c3ccc(OCc4ccccc4Cl)c(Br)c3)c2=O)=N1. The molecule has 1 aliphatic heterocycles. The van der Waals surface area contributed by atoms with Gasteiger partial charge >= 0.3 is 5.97 Å². The summed E-state index contributed by atoms with van der Waals surface area (Å²) < 4.78 is 14.4. The first-order valence-corrected chi connectivity index (χ1v) is 16.7. The second-order valence-corrected chi connectivity index (χ2v) is 13.1. The van der Waals surface area contributed by atoms with E-state index in [-0.39, 0.29) is 12.2 Å². The van der Waals surface area contributed by atoms with Crippen molar-refractivity contribution in [3.05, 3.63) is 129 Å². The van der Waals surface area contributed by atoms with E-state index >= 15 is 0 Å². The number of hydrogen-bond donors (Lipinski definition) is 0. The summed E-state index contributed by atoms with van der Waals surface area (Å²) in [6.45, 7) is 8.67. The molecule has 0 saturated carbocycles. The summed E-state index contributed by atoms with van der Waals surface area (Å²) in [5, 5.41) is 0.651. The van der Waals surface area contributed by atoms with Crippen molar-refractivity contribution in [1.29, 1.82) is 0 Å². The number of ether oxygens (including phenoxy) is 2. The van der Waals surface area contributed by atoms with Crippen molar-refractivity contribution in [2.45, 2.75) is 59.1 Å². The number of carbonyl (C=O) groups excluding carboxylic acids is 1. The average Bonchev–Trinajstić information content (AvgIpc) is 3.31. The highest BCUT2D eigenvalue weighted by molar-refractivity contribution is 9.10. The maximum absolute atomic E-state index is 14.1. The highest BCUT2D eigenvalue weighted by Gasteiger charge is 2.34. The van der Waals surface area contributed by atoms with Crippen molar-refractivity contribution in [2.24, 2.45) is 4.99 Å². The van der Waals surface area contributed by atoms with E-state index in [2.05, 4.69) is 41.9 Å². The van der Waals surface area contributed by atoms with Crippen LogP contribution in [-0.2, 0) is 16.1 Å². The minimum absolute atomic E-state index is 0.209. The number of benzene rings is 3. The van der Waals surface area contributed by atoms with E-state index in [1.165, 1.54) is 16.9 Å². The van der Waals surface area contributed by atoms with Crippen LogP contribution in [0.15, 0.2) is 92.3 Å². The molecule has 44 heavy (non-hydrogen) atoms. The highest BCUT2D eigenvalue weighted by atomic mass is 79.9. The maximum Gasteiger partial charge on any atom is 0.338 e. The van der Waals surface area contributed by atoms with Gasteiger partial charge in [-0.1, -0.05) is 98.7 Å². The summed E-state index contributed by atoms with van der Waals surface area (Å²) in [7, 11) is 0. The minimum Gasteiger partial charge on any atom is -0.488 e. The third kappa shape index (κ3) is 6.77. The number of carbonyl (C=O) groups is 1. The zero-order valence-corrected chi connectivity index (χ0v) is 28.3. The predicted octanol–water partition coefficient (Wildman–Crippen LogP) is 7.70. The lowest BCUT2D eigenvalue weighted by atomic mass is 9.92. The number of aromatic nitrogens is 1. The fourth-order valence-electron chi connectivity index (χ4n) is 5.15. The van der Waals surface area contributed by atoms with Gasteiger partial charge in [-0.2, -0.15) is 0 Å². The molecule has 1 aliphatic rings. The molecule has 0 amide bonds. The Kier molecular flexibility index (Phi) is 10.2. The Hall–Kier alpha value is -3.46. The Labute approximate surface area is 274 Å². The van der Waals surface area contributed by atoms with Crippen LogP contribution >= 0.6 is 38.9 Å². The van der Waals surface area contributed by atoms with Crippen molar-refractivity contribution in [1.82, 2.24) is 4.57 Å². The van der Waals surface area contributed by atoms with Crippen molar-refractivity contribution in [3.8, 4) is 5.75 Å². The highest BCUT2D eigenvalue weighted by Crippen LogP contribution is 2.33. The maximum atomic E-state index is 14.1. The molecule has 4 aromatic rings. The second-order valence-electron chi connectivity index (χ2n) is 10.8. The number of hydrogen-bond acceptors (Lipinski definition) is 6. The first-order valence-electron chi connectivity index (χ1n) is 14.7. The third-order valence-electron chi connectivity index (χ3n) is 7.41. The molecule has 9 heteroatoms. The van der Waals surface area contributed by atoms with Gasteiger partial charge in [-0.15, -0.1) is 0 Å². The number of thiazole rings is 1. The Morgan fingerprint density at radius 2 is 1.86 bits per heavy atom. The van der Waals surface area contributed by atoms with E-state index in [1.807, 2.05) is 67.6 Å². The molecule has 1 aromatic heterocycles. The van der Waals surface area contributed by atoms with E-state index in [1.54, 1.807) is 11.5 Å². The van der Waals surface area contributed by atoms with Gasteiger partial charge in [-0.25, -0.2) is 9.79 Å². The normalized spacial score (nSPS) is 14.9. The van der Waals surface area contributed by atoms with E-state index in [0.29, 0.717) is 50.3 Å². The van der Waals surface area contributed by atoms with Crippen molar-refractivity contribution >= 4 is 50.9 Å². The van der Waals surface area contributed by atoms with Gasteiger partial charge < -0.3 is 9.47 Å². The summed E-state index contributed by atoms with van der Waals surface area (Å²) in [4.78, 5) is 32.9. The molecule has 0 unspecified atom stereocenters. The van der Waals surface area contributed by atoms with Crippen LogP contribution in [0.5, 0.6) is 5.75 Å². The second kappa shape index (κ2) is 14.1. The number of halogens is 2. The molecule has 0 fully saturated rings. The van der Waals surface area contributed by atoms with Gasteiger partial charge in [0.1, 0.15) is 12.4 Å². The molecular formula is C35H34BrClN2O4S. The molecule has 0 bridgehead atoms. The lowest BCUT2D eigenvalue weighted by Gasteiger charge is -2.26. The zero-order valence-electron chi connectivity index (χ0n) is 25.1. The molecule has 3 aromatic carbocycles. The standard InChI is InChI=1S/C35H34BrClN2O4S/c1-5-9-28-31(34(41)42-6-2)32(24-15-13-23(14-16-24)21(3)4)39-33(40)30(44-35(39)38-28)19-22-12-17-29(26(36)18-22)43-20-25-10-7-8-11-27(25)37/h7-8,10-19,21,32H,5-6,9,20H2,1-4H3/b30-19-/t32-/m1/s1. The summed E-state index contributed by atoms with van der Waals surface area (Å²) >= 11 is 11.2. The number of allylic oxidation sites excluding steroid dienone is 1. The van der Waals surface area contributed by atoms with Gasteiger partial charge in [0.15, 0.2) is 4.80 Å². The monoisotopic (exact) mass is 692 g/mol.